The van der Waals surface area contributed by atoms with Gasteiger partial charge in [0.05, 0.1) is 6.04 Å². The van der Waals surface area contributed by atoms with E-state index in [9.17, 15) is 13.6 Å². The first-order valence-electron chi connectivity index (χ1n) is 10.2. The van der Waals surface area contributed by atoms with Gasteiger partial charge in [0.25, 0.3) is 0 Å². The molecular formula is C22H28F2N4OS. The van der Waals surface area contributed by atoms with Crippen LogP contribution in [0.5, 0.6) is 0 Å². The zero-order chi connectivity index (χ0) is 21.9. The number of rotatable bonds is 8. The van der Waals surface area contributed by atoms with E-state index < -0.39 is 17.7 Å². The summed E-state index contributed by atoms with van der Waals surface area (Å²) in [6, 6.07) is 1.84. The fourth-order valence-electron chi connectivity index (χ4n) is 3.78. The maximum atomic E-state index is 14.2. The Morgan fingerprint density at radius 1 is 1.40 bits per heavy atom. The maximum Gasteiger partial charge on any atom is 0.243 e. The lowest BCUT2D eigenvalue weighted by molar-refractivity contribution is -0.118. The van der Waals surface area contributed by atoms with Gasteiger partial charge in [0, 0.05) is 17.5 Å². The molecule has 162 valence electrons. The zero-order valence-electron chi connectivity index (χ0n) is 17.6. The number of anilines is 1. The topological polar surface area (TPSA) is 66.9 Å². The fourth-order valence-corrected chi connectivity index (χ4v) is 4.64. The summed E-state index contributed by atoms with van der Waals surface area (Å²) in [5.74, 6) is -1.25. The largest absolute Gasteiger partial charge is 0.303 e. The van der Waals surface area contributed by atoms with Crippen LogP contribution in [0.4, 0.5) is 13.9 Å². The number of nitrogens with one attached hydrogen (secondary N) is 2. The molecule has 0 fully saturated rings. The number of halogens is 2. The van der Waals surface area contributed by atoms with E-state index in [4.69, 9.17) is 0 Å². The van der Waals surface area contributed by atoms with Gasteiger partial charge in [-0.2, -0.15) is 0 Å². The van der Waals surface area contributed by atoms with Gasteiger partial charge < -0.3 is 5.32 Å². The SMILES string of the molecule is C=CCC(C)(C)c1nnc(NC(=O)C(CC)N[C@H]2CCc3cc(F)cc(F)c3C2)s1. The van der Waals surface area contributed by atoms with Crippen molar-refractivity contribution in [2.24, 2.45) is 0 Å². The molecule has 1 unspecified atom stereocenters. The second-order valence-corrected chi connectivity index (χ2v) is 9.35. The molecule has 5 nitrogen and oxygen atoms in total. The zero-order valence-corrected chi connectivity index (χ0v) is 18.4. The number of nitrogens with zero attached hydrogens (tertiary/aromatic N) is 2. The highest BCUT2D eigenvalue weighted by atomic mass is 32.1. The van der Waals surface area contributed by atoms with Gasteiger partial charge in [-0.15, -0.1) is 16.8 Å². The van der Waals surface area contributed by atoms with Gasteiger partial charge in [-0.25, -0.2) is 8.78 Å². The Labute approximate surface area is 180 Å². The summed E-state index contributed by atoms with van der Waals surface area (Å²) in [5.41, 5.74) is 1.06. The minimum atomic E-state index is -0.545. The molecule has 2 atom stereocenters. The second kappa shape index (κ2) is 9.31. The molecule has 8 heteroatoms. The number of hydrogen-bond donors (Lipinski definition) is 2. The third-order valence-corrected chi connectivity index (χ3v) is 6.72. The van der Waals surface area contributed by atoms with Crippen LogP contribution in [-0.2, 0) is 23.1 Å². The van der Waals surface area contributed by atoms with E-state index in [1.165, 1.54) is 17.4 Å². The lowest BCUT2D eigenvalue weighted by Gasteiger charge is -2.29. The van der Waals surface area contributed by atoms with Crippen molar-refractivity contribution in [2.75, 3.05) is 5.32 Å². The molecule has 1 aliphatic carbocycles. The van der Waals surface area contributed by atoms with Crippen molar-refractivity contribution in [3.8, 4) is 0 Å². The van der Waals surface area contributed by atoms with E-state index in [1.54, 1.807) is 0 Å². The highest BCUT2D eigenvalue weighted by Crippen LogP contribution is 2.31. The summed E-state index contributed by atoms with van der Waals surface area (Å²) >= 11 is 1.36. The van der Waals surface area contributed by atoms with Crippen LogP contribution in [0.25, 0.3) is 0 Å². The number of allylic oxidation sites excluding steroid dienone is 1. The van der Waals surface area contributed by atoms with Crippen molar-refractivity contribution >= 4 is 22.4 Å². The summed E-state index contributed by atoms with van der Waals surface area (Å²) in [7, 11) is 0. The van der Waals surface area contributed by atoms with Gasteiger partial charge in [-0.3, -0.25) is 10.1 Å². The van der Waals surface area contributed by atoms with Crippen molar-refractivity contribution in [3.63, 3.8) is 0 Å². The van der Waals surface area contributed by atoms with Crippen LogP contribution in [0, 0.1) is 11.6 Å². The van der Waals surface area contributed by atoms with Crippen molar-refractivity contribution in [2.45, 2.75) is 70.4 Å². The van der Waals surface area contributed by atoms with Gasteiger partial charge in [-0.05, 0) is 49.3 Å². The van der Waals surface area contributed by atoms with Gasteiger partial charge >= 0.3 is 0 Å². The molecule has 0 saturated carbocycles. The standard InChI is InChI=1S/C22H28F2N4OS/c1-5-9-22(3,4)20-27-28-21(30-20)26-19(29)18(6-2)25-15-8-7-13-10-14(23)11-17(24)16(13)12-15/h5,10-11,15,18,25H,1,6-9,12H2,2-4H3,(H,26,28,29)/t15-,18?/m0/s1. The maximum absolute atomic E-state index is 14.2. The van der Waals surface area contributed by atoms with Crippen molar-refractivity contribution < 1.29 is 13.6 Å². The molecule has 2 aromatic rings. The molecule has 0 radical (unpaired) electrons. The molecule has 1 amide bonds. The minimum Gasteiger partial charge on any atom is -0.303 e. The molecule has 1 aromatic heterocycles. The smallest absolute Gasteiger partial charge is 0.243 e. The van der Waals surface area contributed by atoms with E-state index in [-0.39, 0.29) is 17.4 Å². The normalized spacial score (nSPS) is 17.3. The summed E-state index contributed by atoms with van der Waals surface area (Å²) in [6.07, 6.45) is 4.92. The first-order valence-corrected chi connectivity index (χ1v) is 11.0. The first kappa shape index (κ1) is 22.5. The predicted molar refractivity (Wildman–Crippen MR) is 116 cm³/mol. The van der Waals surface area contributed by atoms with Crippen LogP contribution in [-0.4, -0.2) is 28.2 Å². The van der Waals surface area contributed by atoms with E-state index in [0.717, 1.165) is 23.9 Å². The Morgan fingerprint density at radius 2 is 2.17 bits per heavy atom. The summed E-state index contributed by atoms with van der Waals surface area (Å²) in [5, 5.41) is 15.8. The highest BCUT2D eigenvalue weighted by Gasteiger charge is 2.28. The second-order valence-electron chi connectivity index (χ2n) is 8.37. The Bertz CT molecular complexity index is 928. The number of carbonyl (C=O) groups is 1. The Hall–Kier alpha value is -2.19. The Kier molecular flexibility index (Phi) is 6.98. The minimum absolute atomic E-state index is 0.0512. The molecular weight excluding hydrogens is 406 g/mol. The number of carbonyl (C=O) groups excluding carboxylic acids is 1. The Morgan fingerprint density at radius 3 is 2.87 bits per heavy atom. The average molecular weight is 435 g/mol. The van der Waals surface area contributed by atoms with Gasteiger partial charge in [0.2, 0.25) is 11.0 Å². The first-order chi connectivity index (χ1) is 14.2. The number of benzene rings is 1. The lowest BCUT2D eigenvalue weighted by Crippen LogP contribution is -2.47. The molecule has 3 rings (SSSR count). The molecule has 0 spiro atoms. The van der Waals surface area contributed by atoms with Crippen molar-refractivity contribution in [1.29, 1.82) is 0 Å². The van der Waals surface area contributed by atoms with E-state index in [1.807, 2.05) is 13.0 Å². The molecule has 1 aliphatic rings. The molecule has 0 saturated heterocycles. The van der Waals surface area contributed by atoms with Gasteiger partial charge in [0.15, 0.2) is 0 Å². The van der Waals surface area contributed by atoms with Crippen LogP contribution < -0.4 is 10.6 Å². The molecule has 1 aromatic carbocycles. The van der Waals surface area contributed by atoms with Gasteiger partial charge in [-0.1, -0.05) is 38.2 Å². The average Bonchev–Trinajstić information content (AvgIpc) is 3.15. The molecule has 0 aliphatic heterocycles. The summed E-state index contributed by atoms with van der Waals surface area (Å²) in [4.78, 5) is 12.8. The highest BCUT2D eigenvalue weighted by molar-refractivity contribution is 7.15. The van der Waals surface area contributed by atoms with Crippen LogP contribution >= 0.6 is 11.3 Å². The monoisotopic (exact) mass is 434 g/mol. The van der Waals surface area contributed by atoms with Gasteiger partial charge in [0.1, 0.15) is 16.6 Å². The molecule has 0 bridgehead atoms. The third-order valence-electron chi connectivity index (χ3n) is 5.52. The van der Waals surface area contributed by atoms with Crippen LogP contribution in [0.2, 0.25) is 0 Å². The molecule has 2 N–H and O–H groups in total. The predicted octanol–water partition coefficient (Wildman–Crippen LogP) is 4.53. The van der Waals surface area contributed by atoms with Crippen molar-refractivity contribution in [3.05, 3.63) is 52.6 Å². The summed E-state index contributed by atoms with van der Waals surface area (Å²) in [6.45, 7) is 9.81. The van der Waals surface area contributed by atoms with Crippen LogP contribution in [0.3, 0.4) is 0 Å². The number of aryl methyl sites for hydroxylation is 1. The number of amides is 1. The Balaban J connectivity index is 1.63. The van der Waals surface area contributed by atoms with Crippen LogP contribution in [0.1, 0.15) is 56.2 Å². The number of hydrogen-bond acceptors (Lipinski definition) is 5. The lowest BCUT2D eigenvalue weighted by atomic mass is 9.87. The number of aromatic nitrogens is 2. The third kappa shape index (κ3) is 5.10. The summed E-state index contributed by atoms with van der Waals surface area (Å²) < 4.78 is 27.6. The number of fused-ring (bicyclic) bond motifs is 1. The van der Waals surface area contributed by atoms with Crippen LogP contribution in [0.15, 0.2) is 24.8 Å². The van der Waals surface area contributed by atoms with E-state index >= 15 is 0 Å². The quantitative estimate of drug-likeness (QED) is 0.599. The molecule has 1 heterocycles. The van der Waals surface area contributed by atoms with E-state index in [0.29, 0.717) is 35.5 Å². The van der Waals surface area contributed by atoms with Crippen molar-refractivity contribution in [1.82, 2.24) is 15.5 Å². The van der Waals surface area contributed by atoms with E-state index in [2.05, 4.69) is 41.3 Å². The molecule has 30 heavy (non-hydrogen) atoms. The fraction of sp³-hybridized carbons (Fsp3) is 0.500.